The van der Waals surface area contributed by atoms with E-state index in [9.17, 15) is 14.4 Å². The number of hydrogen-bond acceptors (Lipinski definition) is 4. The summed E-state index contributed by atoms with van der Waals surface area (Å²) in [5.74, 6) is 2.45. The lowest BCUT2D eigenvalue weighted by Crippen LogP contribution is -2.61. The molecule has 4 aliphatic carbocycles. The van der Waals surface area contributed by atoms with Crippen LogP contribution in [-0.4, -0.2) is 66.4 Å². The smallest absolute Gasteiger partial charge is 0.250 e. The van der Waals surface area contributed by atoms with Crippen molar-refractivity contribution >= 4 is 23.4 Å². The number of carbonyl (C=O) groups is 3. The maximum Gasteiger partial charge on any atom is 0.250 e. The van der Waals surface area contributed by atoms with Gasteiger partial charge in [-0.1, -0.05) is 18.2 Å². The van der Waals surface area contributed by atoms with E-state index in [0.29, 0.717) is 38.5 Å². The minimum atomic E-state index is -0.687. The first-order chi connectivity index (χ1) is 16.4. The van der Waals surface area contributed by atoms with E-state index in [4.69, 9.17) is 0 Å². The second-order valence-electron chi connectivity index (χ2n) is 11.6. The van der Waals surface area contributed by atoms with Crippen molar-refractivity contribution in [1.29, 1.82) is 0 Å². The highest BCUT2D eigenvalue weighted by atomic mass is 16.2. The van der Waals surface area contributed by atoms with Gasteiger partial charge in [-0.15, -0.1) is 0 Å². The highest BCUT2D eigenvalue weighted by Gasteiger charge is 2.58. The molecule has 7 nitrogen and oxygen atoms in total. The SMILES string of the molecule is CNC(=O)CN1CN(c2ccccc2)C2(CCN(C(=O)C34CC5CC(CC(C5)C3)C4)CC2)C1=O. The van der Waals surface area contributed by atoms with Crippen molar-refractivity contribution in [2.24, 2.45) is 23.2 Å². The number of nitrogens with one attached hydrogen (secondary N) is 1. The van der Waals surface area contributed by atoms with Crippen molar-refractivity contribution in [3.8, 4) is 0 Å². The third kappa shape index (κ3) is 3.34. The Balaban J connectivity index is 1.22. The second kappa shape index (κ2) is 7.99. The molecule has 3 amide bonds. The van der Waals surface area contributed by atoms with Crippen LogP contribution in [0.15, 0.2) is 30.3 Å². The fraction of sp³-hybridized carbons (Fsp3) is 0.667. The van der Waals surface area contributed by atoms with E-state index in [2.05, 4.69) is 15.1 Å². The fourth-order valence-electron chi connectivity index (χ4n) is 8.36. The maximum atomic E-state index is 13.9. The number of benzene rings is 1. The van der Waals surface area contributed by atoms with Crippen LogP contribution in [-0.2, 0) is 14.4 Å². The molecular formula is C27H36N4O3. The van der Waals surface area contributed by atoms with E-state index < -0.39 is 5.54 Å². The van der Waals surface area contributed by atoms with Crippen LogP contribution in [0.4, 0.5) is 5.69 Å². The van der Waals surface area contributed by atoms with Crippen LogP contribution in [0.25, 0.3) is 0 Å². The number of rotatable bonds is 4. The number of piperidine rings is 1. The molecule has 7 rings (SSSR count). The zero-order valence-electron chi connectivity index (χ0n) is 20.2. The van der Waals surface area contributed by atoms with Gasteiger partial charge in [-0.3, -0.25) is 14.4 Å². The molecule has 4 bridgehead atoms. The Kier molecular flexibility index (Phi) is 5.15. The van der Waals surface area contributed by atoms with Crippen LogP contribution in [0, 0.1) is 23.2 Å². The average molecular weight is 465 g/mol. The molecule has 1 spiro atoms. The molecule has 0 atom stereocenters. The zero-order chi connectivity index (χ0) is 23.5. The van der Waals surface area contributed by atoms with E-state index in [-0.39, 0.29) is 23.8 Å². The van der Waals surface area contributed by atoms with Crippen LogP contribution in [0.2, 0.25) is 0 Å². The normalized spacial score (nSPS) is 33.6. The highest BCUT2D eigenvalue weighted by molar-refractivity contribution is 5.96. The van der Waals surface area contributed by atoms with Crippen LogP contribution < -0.4 is 10.2 Å². The minimum Gasteiger partial charge on any atom is -0.358 e. The van der Waals surface area contributed by atoms with Crippen molar-refractivity contribution in [2.45, 2.75) is 56.9 Å². The standard InChI is InChI=1S/C27H36N4O3/c1-28-23(32)17-30-18-31(22-5-3-2-4-6-22)27(25(30)34)7-9-29(10-8-27)24(33)26-14-19-11-20(15-26)13-21(12-19)16-26/h2-6,19-21H,7-18H2,1H3,(H,28,32). The average Bonchev–Trinajstić information content (AvgIpc) is 3.10. The molecule has 2 heterocycles. The summed E-state index contributed by atoms with van der Waals surface area (Å²) in [5, 5.41) is 2.64. The van der Waals surface area contributed by atoms with Crippen molar-refractivity contribution < 1.29 is 14.4 Å². The number of nitrogens with zero attached hydrogens (tertiary/aromatic N) is 3. The highest BCUT2D eigenvalue weighted by Crippen LogP contribution is 2.60. The Morgan fingerprint density at radius 1 is 0.971 bits per heavy atom. The van der Waals surface area contributed by atoms with Crippen LogP contribution in [0.5, 0.6) is 0 Å². The summed E-state index contributed by atoms with van der Waals surface area (Å²) in [4.78, 5) is 45.6. The van der Waals surface area contributed by atoms with Gasteiger partial charge in [-0.2, -0.15) is 0 Å². The first-order valence-corrected chi connectivity index (χ1v) is 13.0. The molecule has 2 saturated heterocycles. The van der Waals surface area contributed by atoms with Gasteiger partial charge in [0.2, 0.25) is 11.8 Å². The topological polar surface area (TPSA) is 73.0 Å². The first kappa shape index (κ1) is 21.9. The van der Waals surface area contributed by atoms with E-state index >= 15 is 0 Å². The zero-order valence-corrected chi connectivity index (χ0v) is 20.2. The third-order valence-corrected chi connectivity index (χ3v) is 9.57. The summed E-state index contributed by atoms with van der Waals surface area (Å²) in [6.07, 6.45) is 8.45. The number of para-hydroxylation sites is 1. The van der Waals surface area contributed by atoms with E-state index in [0.717, 1.165) is 42.7 Å². The van der Waals surface area contributed by atoms with Gasteiger partial charge in [-0.05, 0) is 81.3 Å². The molecular weight excluding hydrogens is 428 g/mol. The molecule has 6 aliphatic rings. The lowest BCUT2D eigenvalue weighted by Gasteiger charge is -2.57. The fourth-order valence-corrected chi connectivity index (χ4v) is 8.36. The lowest BCUT2D eigenvalue weighted by atomic mass is 9.49. The monoisotopic (exact) mass is 464 g/mol. The first-order valence-electron chi connectivity index (χ1n) is 13.0. The Morgan fingerprint density at radius 2 is 1.56 bits per heavy atom. The van der Waals surface area contributed by atoms with Crippen molar-refractivity contribution in [3.63, 3.8) is 0 Å². The van der Waals surface area contributed by atoms with Gasteiger partial charge in [0.15, 0.2) is 0 Å². The number of likely N-dealkylation sites (N-methyl/N-ethyl adjacent to an activating group) is 1. The molecule has 0 unspecified atom stereocenters. The quantitative estimate of drug-likeness (QED) is 0.744. The summed E-state index contributed by atoms with van der Waals surface area (Å²) in [6.45, 7) is 1.70. The van der Waals surface area contributed by atoms with Crippen LogP contribution in [0.1, 0.15) is 51.4 Å². The summed E-state index contributed by atoms with van der Waals surface area (Å²) in [7, 11) is 1.60. The molecule has 34 heavy (non-hydrogen) atoms. The molecule has 1 aromatic rings. The molecule has 2 aliphatic heterocycles. The Morgan fingerprint density at radius 3 is 2.12 bits per heavy atom. The molecule has 1 N–H and O–H groups in total. The van der Waals surface area contributed by atoms with Crippen molar-refractivity contribution in [3.05, 3.63) is 30.3 Å². The molecule has 0 aromatic heterocycles. The minimum absolute atomic E-state index is 0.0156. The third-order valence-electron chi connectivity index (χ3n) is 9.57. The second-order valence-corrected chi connectivity index (χ2v) is 11.6. The van der Waals surface area contributed by atoms with Gasteiger partial charge >= 0.3 is 0 Å². The molecule has 4 saturated carbocycles. The van der Waals surface area contributed by atoms with Gasteiger partial charge in [0.05, 0.1) is 12.1 Å². The van der Waals surface area contributed by atoms with Gasteiger partial charge in [0.1, 0.15) is 12.1 Å². The molecule has 1 aromatic carbocycles. The predicted molar refractivity (Wildman–Crippen MR) is 129 cm³/mol. The van der Waals surface area contributed by atoms with Crippen molar-refractivity contribution in [1.82, 2.24) is 15.1 Å². The van der Waals surface area contributed by atoms with Crippen LogP contribution >= 0.6 is 0 Å². The van der Waals surface area contributed by atoms with E-state index in [1.54, 1.807) is 11.9 Å². The number of hydrogen-bond donors (Lipinski definition) is 1. The van der Waals surface area contributed by atoms with E-state index in [1.165, 1.54) is 19.3 Å². The van der Waals surface area contributed by atoms with Crippen molar-refractivity contribution in [2.75, 3.05) is 38.3 Å². The Labute approximate surface area is 201 Å². The molecule has 7 heteroatoms. The van der Waals surface area contributed by atoms with Gasteiger partial charge in [0, 0.05) is 25.8 Å². The largest absolute Gasteiger partial charge is 0.358 e. The van der Waals surface area contributed by atoms with Gasteiger partial charge < -0.3 is 20.0 Å². The summed E-state index contributed by atoms with van der Waals surface area (Å²) in [6, 6.07) is 10.0. The number of likely N-dealkylation sites (tertiary alicyclic amines) is 1. The Hall–Kier alpha value is -2.57. The Bertz CT molecular complexity index is 950. The van der Waals surface area contributed by atoms with E-state index in [1.807, 2.05) is 30.3 Å². The number of amides is 3. The molecule has 0 radical (unpaired) electrons. The summed E-state index contributed by atoms with van der Waals surface area (Å²) < 4.78 is 0. The number of anilines is 1. The summed E-state index contributed by atoms with van der Waals surface area (Å²) >= 11 is 0. The molecule has 6 fully saturated rings. The number of carbonyl (C=O) groups excluding carboxylic acids is 3. The maximum absolute atomic E-state index is 13.9. The molecule has 182 valence electrons. The van der Waals surface area contributed by atoms with Gasteiger partial charge in [0.25, 0.3) is 5.91 Å². The van der Waals surface area contributed by atoms with Gasteiger partial charge in [-0.25, -0.2) is 0 Å². The predicted octanol–water partition coefficient (Wildman–Crippen LogP) is 2.62. The lowest BCUT2D eigenvalue weighted by molar-refractivity contribution is -0.160. The summed E-state index contributed by atoms with van der Waals surface area (Å²) in [5.41, 5.74) is 0.174. The van der Waals surface area contributed by atoms with Crippen LogP contribution in [0.3, 0.4) is 0 Å².